The number of quaternary nitrogens is 1. The van der Waals surface area contributed by atoms with Gasteiger partial charge in [-0.15, -0.1) is 6.42 Å². The zero-order valence-corrected chi connectivity index (χ0v) is 8.06. The number of nitrogens with zero attached hydrogens (tertiary/aromatic N) is 1. The lowest BCUT2D eigenvalue weighted by Gasteiger charge is -2.31. The summed E-state index contributed by atoms with van der Waals surface area (Å²) in [5.41, 5.74) is 0. The van der Waals surface area contributed by atoms with E-state index in [1.165, 1.54) is 25.9 Å². The molecule has 0 radical (unpaired) electrons. The average Bonchev–Trinajstić information content (AvgIpc) is 1.88. The lowest BCUT2D eigenvalue weighted by molar-refractivity contribution is -0.902. The Labute approximate surface area is 71.0 Å². The summed E-state index contributed by atoms with van der Waals surface area (Å²) in [5, 5.41) is 0. The molecule has 0 heterocycles. The molecule has 64 valence electrons. The minimum Gasteiger partial charge on any atom is -0.316 e. The minimum absolute atomic E-state index is 0.877. The highest BCUT2D eigenvalue weighted by molar-refractivity contribution is 4.83. The fourth-order valence-corrected chi connectivity index (χ4v) is 1.57. The summed E-state index contributed by atoms with van der Waals surface area (Å²) in [7, 11) is 2.24. The van der Waals surface area contributed by atoms with E-state index in [2.05, 4.69) is 26.8 Å². The molecule has 1 nitrogen and oxygen atoms in total. The van der Waals surface area contributed by atoms with Crippen LogP contribution in [0.4, 0.5) is 0 Å². The second-order valence-corrected chi connectivity index (χ2v) is 3.43. The highest BCUT2D eigenvalue weighted by Gasteiger charge is 2.16. The molecule has 0 atom stereocenters. The molecule has 0 N–H and O–H groups in total. The summed E-state index contributed by atoms with van der Waals surface area (Å²) < 4.78 is 1.05. The molecule has 0 fully saturated rings. The summed E-state index contributed by atoms with van der Waals surface area (Å²) >= 11 is 0. The Morgan fingerprint density at radius 2 is 1.64 bits per heavy atom. The van der Waals surface area contributed by atoms with Gasteiger partial charge in [-0.05, 0) is 18.8 Å². The Morgan fingerprint density at radius 1 is 1.18 bits per heavy atom. The Kier molecular flexibility index (Phi) is 4.98. The van der Waals surface area contributed by atoms with Crippen LogP contribution in [0.25, 0.3) is 0 Å². The van der Waals surface area contributed by atoms with Crippen LogP contribution >= 0.6 is 0 Å². The van der Waals surface area contributed by atoms with Gasteiger partial charge in [0, 0.05) is 0 Å². The van der Waals surface area contributed by atoms with Crippen LogP contribution < -0.4 is 0 Å². The molecule has 0 saturated carbocycles. The second kappa shape index (κ2) is 5.21. The van der Waals surface area contributed by atoms with Crippen molar-refractivity contribution in [3.8, 4) is 12.3 Å². The standard InChI is InChI=1S/C10H20N/c1-5-8-11(4,9-6-2)10-7-3/h1H,6-10H2,2-4H3/q+1. The van der Waals surface area contributed by atoms with E-state index in [4.69, 9.17) is 6.42 Å². The number of hydrogen-bond acceptors (Lipinski definition) is 0. The van der Waals surface area contributed by atoms with Gasteiger partial charge in [-0.3, -0.25) is 0 Å². The maximum Gasteiger partial charge on any atom is 0.140 e. The first kappa shape index (κ1) is 10.5. The van der Waals surface area contributed by atoms with Crippen molar-refractivity contribution in [3.05, 3.63) is 0 Å². The molecule has 0 unspecified atom stereocenters. The van der Waals surface area contributed by atoms with Crippen molar-refractivity contribution >= 4 is 0 Å². The molecular formula is C10H20N+. The Bertz CT molecular complexity index is 126. The lowest BCUT2D eigenvalue weighted by atomic mass is 10.3. The van der Waals surface area contributed by atoms with Gasteiger partial charge in [-0.25, -0.2) is 0 Å². The van der Waals surface area contributed by atoms with E-state index in [0.29, 0.717) is 0 Å². The molecule has 0 aliphatic carbocycles. The summed E-state index contributed by atoms with van der Waals surface area (Å²) in [6, 6.07) is 0. The van der Waals surface area contributed by atoms with Gasteiger partial charge in [0.25, 0.3) is 0 Å². The first-order chi connectivity index (χ1) is 5.18. The molecule has 0 saturated heterocycles. The Hall–Kier alpha value is -0.480. The largest absolute Gasteiger partial charge is 0.316 e. The highest BCUT2D eigenvalue weighted by Crippen LogP contribution is 2.04. The SMILES string of the molecule is C#CC[N+](C)(CCC)CCC. The van der Waals surface area contributed by atoms with Gasteiger partial charge < -0.3 is 4.48 Å². The van der Waals surface area contributed by atoms with Crippen LogP contribution in [0.2, 0.25) is 0 Å². The molecule has 1 heteroatoms. The second-order valence-electron chi connectivity index (χ2n) is 3.43. The third-order valence-electron chi connectivity index (χ3n) is 2.00. The van der Waals surface area contributed by atoms with Crippen LogP contribution in [0, 0.1) is 12.3 Å². The van der Waals surface area contributed by atoms with E-state index in [9.17, 15) is 0 Å². The molecule has 0 aromatic heterocycles. The first-order valence-corrected chi connectivity index (χ1v) is 4.45. The fourth-order valence-electron chi connectivity index (χ4n) is 1.57. The van der Waals surface area contributed by atoms with Crippen molar-refractivity contribution in [1.29, 1.82) is 0 Å². The molecule has 0 spiro atoms. The molecule has 0 aliphatic rings. The first-order valence-electron chi connectivity index (χ1n) is 4.45. The minimum atomic E-state index is 0.877. The summed E-state index contributed by atoms with van der Waals surface area (Å²) in [5.74, 6) is 2.75. The van der Waals surface area contributed by atoms with Crippen molar-refractivity contribution < 1.29 is 4.48 Å². The quantitative estimate of drug-likeness (QED) is 0.419. The van der Waals surface area contributed by atoms with E-state index >= 15 is 0 Å². The summed E-state index contributed by atoms with van der Waals surface area (Å²) in [4.78, 5) is 0. The van der Waals surface area contributed by atoms with E-state index in [1.807, 2.05) is 0 Å². The van der Waals surface area contributed by atoms with Crippen molar-refractivity contribution in [2.75, 3.05) is 26.7 Å². The molecule has 0 aromatic carbocycles. The van der Waals surface area contributed by atoms with E-state index < -0.39 is 0 Å². The van der Waals surface area contributed by atoms with Crippen molar-refractivity contribution in [2.45, 2.75) is 26.7 Å². The van der Waals surface area contributed by atoms with Gasteiger partial charge in [0.1, 0.15) is 6.54 Å². The van der Waals surface area contributed by atoms with Crippen molar-refractivity contribution in [2.24, 2.45) is 0 Å². The van der Waals surface area contributed by atoms with Gasteiger partial charge in [-0.1, -0.05) is 13.8 Å². The number of terminal acetylenes is 1. The van der Waals surface area contributed by atoms with Gasteiger partial charge >= 0.3 is 0 Å². The van der Waals surface area contributed by atoms with Crippen molar-refractivity contribution in [1.82, 2.24) is 0 Å². The predicted octanol–water partition coefficient (Wildman–Crippen LogP) is 1.89. The normalized spacial score (nSPS) is 11.1. The Balaban J connectivity index is 3.92. The maximum atomic E-state index is 5.31. The number of rotatable bonds is 5. The number of hydrogen-bond donors (Lipinski definition) is 0. The summed E-state index contributed by atoms with van der Waals surface area (Å²) in [6.07, 6.45) is 7.75. The molecular weight excluding hydrogens is 134 g/mol. The van der Waals surface area contributed by atoms with Gasteiger partial charge in [0.05, 0.1) is 20.1 Å². The van der Waals surface area contributed by atoms with Crippen LogP contribution in [-0.2, 0) is 0 Å². The van der Waals surface area contributed by atoms with Gasteiger partial charge in [0.2, 0.25) is 0 Å². The lowest BCUT2D eigenvalue weighted by Crippen LogP contribution is -2.45. The third-order valence-corrected chi connectivity index (χ3v) is 2.00. The predicted molar refractivity (Wildman–Crippen MR) is 50.2 cm³/mol. The molecule has 0 aliphatic heterocycles. The molecule has 0 amide bonds. The zero-order valence-electron chi connectivity index (χ0n) is 8.06. The van der Waals surface area contributed by atoms with Gasteiger partial charge in [-0.2, -0.15) is 0 Å². The third kappa shape index (κ3) is 4.06. The smallest absolute Gasteiger partial charge is 0.140 e. The highest BCUT2D eigenvalue weighted by atomic mass is 15.3. The van der Waals surface area contributed by atoms with E-state index in [-0.39, 0.29) is 0 Å². The van der Waals surface area contributed by atoms with Crippen LogP contribution in [-0.4, -0.2) is 31.2 Å². The van der Waals surface area contributed by atoms with Crippen LogP contribution in [0.5, 0.6) is 0 Å². The van der Waals surface area contributed by atoms with E-state index in [0.717, 1.165) is 11.0 Å². The summed E-state index contributed by atoms with van der Waals surface area (Å²) in [6.45, 7) is 7.71. The van der Waals surface area contributed by atoms with E-state index in [1.54, 1.807) is 0 Å². The fraction of sp³-hybridized carbons (Fsp3) is 0.800. The van der Waals surface area contributed by atoms with Crippen LogP contribution in [0.15, 0.2) is 0 Å². The molecule has 0 bridgehead atoms. The van der Waals surface area contributed by atoms with Crippen LogP contribution in [0.1, 0.15) is 26.7 Å². The molecule has 0 rings (SSSR count). The average molecular weight is 154 g/mol. The Morgan fingerprint density at radius 3 is 1.91 bits per heavy atom. The topological polar surface area (TPSA) is 0 Å². The molecule has 11 heavy (non-hydrogen) atoms. The van der Waals surface area contributed by atoms with Crippen molar-refractivity contribution in [3.63, 3.8) is 0 Å². The monoisotopic (exact) mass is 154 g/mol. The van der Waals surface area contributed by atoms with Crippen LogP contribution in [0.3, 0.4) is 0 Å². The van der Waals surface area contributed by atoms with Gasteiger partial charge in [0.15, 0.2) is 0 Å². The maximum absolute atomic E-state index is 5.31. The zero-order chi connectivity index (χ0) is 8.74. The molecule has 0 aromatic rings.